The fraction of sp³-hybridized carbons (Fsp3) is 0.367. The van der Waals surface area contributed by atoms with E-state index in [1.54, 1.807) is 6.07 Å². The first-order valence-electron chi connectivity index (χ1n) is 13.3. The number of aromatic nitrogens is 1. The van der Waals surface area contributed by atoms with Gasteiger partial charge in [-0.15, -0.1) is 0 Å². The third-order valence-electron chi connectivity index (χ3n) is 6.77. The summed E-state index contributed by atoms with van der Waals surface area (Å²) < 4.78 is 17.3. The van der Waals surface area contributed by atoms with Crippen molar-refractivity contribution in [2.24, 2.45) is 5.92 Å². The number of nitrogens with zero attached hydrogens (tertiary/aromatic N) is 1. The number of halogens is 1. The third kappa shape index (κ3) is 6.48. The number of amides is 1. The Morgan fingerprint density at radius 3 is 2.70 bits per heavy atom. The van der Waals surface area contributed by atoms with Crippen LogP contribution in [-0.4, -0.2) is 29.8 Å². The van der Waals surface area contributed by atoms with Gasteiger partial charge in [0.25, 0.3) is 5.91 Å². The molecule has 1 aromatic carbocycles. The Kier molecular flexibility index (Phi) is 9.03. The molecule has 2 aromatic heterocycles. The number of nitrogens with one attached hydrogen (secondary N) is 1. The van der Waals surface area contributed by atoms with Crippen LogP contribution in [0.1, 0.15) is 57.2 Å². The van der Waals surface area contributed by atoms with Crippen LogP contribution in [0.15, 0.2) is 74.9 Å². The molecule has 1 saturated carbocycles. The lowest BCUT2D eigenvalue weighted by atomic mass is 9.81. The number of ether oxygens (including phenoxy) is 3. The SMILES string of the molecule is CC(C)COC(=O)OC1=C(Sc2ccccc2Cl)C(=O)NC(c2ccsc2)(c2cccc(OC3CCCC3)n2)C1. The molecule has 3 aromatic rings. The van der Waals surface area contributed by atoms with E-state index in [0.717, 1.165) is 43.0 Å². The lowest BCUT2D eigenvalue weighted by molar-refractivity contribution is -0.119. The van der Waals surface area contributed by atoms with Crippen LogP contribution in [0.25, 0.3) is 0 Å². The summed E-state index contributed by atoms with van der Waals surface area (Å²) in [5, 5.41) is 7.60. The molecule has 1 fully saturated rings. The van der Waals surface area contributed by atoms with Crippen molar-refractivity contribution < 1.29 is 23.8 Å². The molecule has 1 aliphatic heterocycles. The Balaban J connectivity index is 1.55. The van der Waals surface area contributed by atoms with Crippen molar-refractivity contribution in [2.45, 2.75) is 62.5 Å². The summed E-state index contributed by atoms with van der Waals surface area (Å²) in [6.07, 6.45) is 3.70. The van der Waals surface area contributed by atoms with E-state index >= 15 is 0 Å². The van der Waals surface area contributed by atoms with Gasteiger partial charge >= 0.3 is 6.16 Å². The Labute approximate surface area is 247 Å². The summed E-state index contributed by atoms with van der Waals surface area (Å²) >= 11 is 9.08. The smallest absolute Gasteiger partial charge is 0.474 e. The number of carbonyl (C=O) groups is 2. The van der Waals surface area contributed by atoms with Gasteiger partial charge in [-0.1, -0.05) is 55.4 Å². The van der Waals surface area contributed by atoms with E-state index in [1.165, 1.54) is 11.3 Å². The molecule has 1 N–H and O–H groups in total. The summed E-state index contributed by atoms with van der Waals surface area (Å²) in [4.78, 5) is 32.4. The highest BCUT2D eigenvalue weighted by molar-refractivity contribution is 8.04. The fourth-order valence-electron chi connectivity index (χ4n) is 4.81. The summed E-state index contributed by atoms with van der Waals surface area (Å²) in [7, 11) is 0. The molecule has 0 bridgehead atoms. The second-order valence-corrected chi connectivity index (χ2v) is 12.5. The van der Waals surface area contributed by atoms with Crippen LogP contribution in [0.2, 0.25) is 5.02 Å². The maximum atomic E-state index is 13.9. The summed E-state index contributed by atoms with van der Waals surface area (Å²) in [5.74, 6) is 0.424. The van der Waals surface area contributed by atoms with Gasteiger partial charge < -0.3 is 19.5 Å². The van der Waals surface area contributed by atoms with Crippen molar-refractivity contribution in [3.8, 4) is 5.88 Å². The quantitative estimate of drug-likeness (QED) is 0.253. The lowest BCUT2D eigenvalue weighted by Gasteiger charge is -2.38. The second-order valence-electron chi connectivity index (χ2n) is 10.3. The van der Waals surface area contributed by atoms with Gasteiger partial charge in [-0.05, 0) is 72.2 Å². The normalized spacial score (nSPS) is 19.6. The van der Waals surface area contributed by atoms with Gasteiger partial charge in [0, 0.05) is 17.4 Å². The first kappa shape index (κ1) is 28.5. The van der Waals surface area contributed by atoms with E-state index in [-0.39, 0.29) is 35.7 Å². The van der Waals surface area contributed by atoms with Crippen molar-refractivity contribution in [3.63, 3.8) is 0 Å². The highest BCUT2D eigenvalue weighted by Crippen LogP contribution is 2.45. The minimum atomic E-state index is -1.09. The summed E-state index contributed by atoms with van der Waals surface area (Å²) in [6, 6.07) is 14.7. The molecule has 5 rings (SSSR count). The van der Waals surface area contributed by atoms with Gasteiger partial charge in [0.15, 0.2) is 0 Å². The molecule has 1 unspecified atom stereocenters. The van der Waals surface area contributed by atoms with Gasteiger partial charge in [0.1, 0.15) is 22.3 Å². The number of hydrogen-bond donors (Lipinski definition) is 1. The van der Waals surface area contributed by atoms with E-state index in [2.05, 4.69) is 5.32 Å². The average Bonchev–Trinajstić information content (AvgIpc) is 3.66. The van der Waals surface area contributed by atoms with E-state index < -0.39 is 17.6 Å². The number of benzene rings is 1. The molecule has 0 saturated heterocycles. The molecule has 1 atom stereocenters. The van der Waals surface area contributed by atoms with Crippen molar-refractivity contribution in [1.82, 2.24) is 10.3 Å². The first-order valence-corrected chi connectivity index (χ1v) is 15.5. The van der Waals surface area contributed by atoms with E-state index in [9.17, 15) is 9.59 Å². The lowest BCUT2D eigenvalue weighted by Crippen LogP contribution is -2.51. The van der Waals surface area contributed by atoms with E-state index in [4.69, 9.17) is 30.8 Å². The Morgan fingerprint density at radius 1 is 1.18 bits per heavy atom. The number of carbonyl (C=O) groups excluding carboxylic acids is 2. The van der Waals surface area contributed by atoms with E-state index in [1.807, 2.05) is 67.1 Å². The number of rotatable bonds is 9. The zero-order valence-electron chi connectivity index (χ0n) is 22.4. The van der Waals surface area contributed by atoms with Crippen LogP contribution in [0.4, 0.5) is 4.79 Å². The molecule has 40 heavy (non-hydrogen) atoms. The Morgan fingerprint density at radius 2 is 1.98 bits per heavy atom. The zero-order valence-corrected chi connectivity index (χ0v) is 24.7. The van der Waals surface area contributed by atoms with E-state index in [0.29, 0.717) is 21.5 Å². The Bertz CT molecular complexity index is 1390. The van der Waals surface area contributed by atoms with Gasteiger partial charge in [0.05, 0.1) is 17.3 Å². The standard InChI is InChI=1S/C30H31ClN2O5S2/c1-19(2)17-36-29(35)38-23-16-30(20-14-15-39-18-20,25-12-7-13-26(32-25)37-21-8-3-4-9-21)33-28(34)27(23)40-24-11-6-5-10-22(24)31/h5-7,10-15,18-19,21H,3-4,8-9,16-17H2,1-2H3,(H,33,34). The number of thioether (sulfide) groups is 1. The monoisotopic (exact) mass is 598 g/mol. The number of pyridine rings is 1. The summed E-state index contributed by atoms with van der Waals surface area (Å²) in [5.41, 5.74) is 0.327. The van der Waals surface area contributed by atoms with Crippen LogP contribution >= 0.6 is 34.7 Å². The molecule has 0 radical (unpaired) electrons. The largest absolute Gasteiger partial charge is 0.513 e. The minimum Gasteiger partial charge on any atom is -0.474 e. The van der Waals surface area contributed by atoms with Crippen LogP contribution in [0, 0.1) is 5.92 Å². The van der Waals surface area contributed by atoms with Gasteiger partial charge in [-0.3, -0.25) is 4.79 Å². The topological polar surface area (TPSA) is 86.8 Å². The van der Waals surface area contributed by atoms with Crippen molar-refractivity contribution in [3.05, 3.63) is 86.2 Å². The van der Waals surface area contributed by atoms with Gasteiger partial charge in [0.2, 0.25) is 5.88 Å². The highest BCUT2D eigenvalue weighted by Gasteiger charge is 2.46. The zero-order chi connectivity index (χ0) is 28.1. The van der Waals surface area contributed by atoms with Crippen LogP contribution in [-0.2, 0) is 19.8 Å². The Hall–Kier alpha value is -3.01. The molecular weight excluding hydrogens is 568 g/mol. The molecule has 1 aliphatic carbocycles. The van der Waals surface area contributed by atoms with Gasteiger partial charge in [-0.2, -0.15) is 11.3 Å². The maximum Gasteiger partial charge on any atom is 0.513 e. The third-order valence-corrected chi connectivity index (χ3v) is 9.08. The minimum absolute atomic E-state index is 0.129. The molecule has 3 heterocycles. The summed E-state index contributed by atoms with van der Waals surface area (Å²) in [6.45, 7) is 4.07. The van der Waals surface area contributed by atoms with Crippen LogP contribution < -0.4 is 10.1 Å². The first-order chi connectivity index (χ1) is 19.3. The van der Waals surface area contributed by atoms with Crippen molar-refractivity contribution in [1.29, 1.82) is 0 Å². The predicted octanol–water partition coefficient (Wildman–Crippen LogP) is 7.69. The molecular formula is C30H31ClN2O5S2. The molecule has 1 amide bonds. The predicted molar refractivity (Wildman–Crippen MR) is 157 cm³/mol. The molecule has 7 nitrogen and oxygen atoms in total. The average molecular weight is 599 g/mol. The molecule has 10 heteroatoms. The van der Waals surface area contributed by atoms with Crippen molar-refractivity contribution in [2.75, 3.05) is 6.61 Å². The molecule has 0 spiro atoms. The number of thiophene rings is 1. The molecule has 210 valence electrons. The number of hydrogen-bond acceptors (Lipinski definition) is 8. The maximum absolute atomic E-state index is 13.9. The highest BCUT2D eigenvalue weighted by atomic mass is 35.5. The molecule has 2 aliphatic rings. The second kappa shape index (κ2) is 12.7. The fourth-order valence-corrected chi connectivity index (χ4v) is 6.69. The van der Waals surface area contributed by atoms with Crippen LogP contribution in [0.3, 0.4) is 0 Å². The van der Waals surface area contributed by atoms with Crippen LogP contribution in [0.5, 0.6) is 5.88 Å². The van der Waals surface area contributed by atoms with Gasteiger partial charge in [-0.25, -0.2) is 9.78 Å². The van der Waals surface area contributed by atoms with Crippen molar-refractivity contribution >= 4 is 46.8 Å².